The summed E-state index contributed by atoms with van der Waals surface area (Å²) >= 11 is 1.31. The van der Waals surface area contributed by atoms with Crippen LogP contribution in [-0.4, -0.2) is 48.0 Å². The molecule has 1 fully saturated rings. The highest BCUT2D eigenvalue weighted by molar-refractivity contribution is 7.99. The molecule has 1 amide bonds. The quantitative estimate of drug-likeness (QED) is 0.418. The zero-order valence-electron chi connectivity index (χ0n) is 16.8. The molecule has 30 heavy (non-hydrogen) atoms. The maximum Gasteiger partial charge on any atom is 0.234 e. The fourth-order valence-electron chi connectivity index (χ4n) is 3.30. The first-order chi connectivity index (χ1) is 14.7. The monoisotopic (exact) mass is 424 g/mol. The van der Waals surface area contributed by atoms with E-state index in [9.17, 15) is 4.79 Å². The van der Waals surface area contributed by atoms with Crippen molar-refractivity contribution in [2.75, 3.05) is 36.6 Å². The minimum atomic E-state index is -0.126. The lowest BCUT2D eigenvalue weighted by Gasteiger charge is -2.14. The van der Waals surface area contributed by atoms with Gasteiger partial charge in [0.05, 0.1) is 24.5 Å². The second-order valence-electron chi connectivity index (χ2n) is 6.96. The second kappa shape index (κ2) is 9.77. The number of ether oxygens (including phenoxy) is 2. The number of nitrogens with one attached hydrogen (secondary N) is 2. The summed E-state index contributed by atoms with van der Waals surface area (Å²) < 4.78 is 10.9. The molecule has 1 aliphatic heterocycles. The number of methoxy groups -OCH3 is 1. The summed E-state index contributed by atoms with van der Waals surface area (Å²) in [6.45, 7) is 1.53. The van der Waals surface area contributed by atoms with Crippen molar-refractivity contribution in [3.05, 3.63) is 48.5 Å². The summed E-state index contributed by atoms with van der Waals surface area (Å²) in [5.74, 6) is 1.55. The number of amides is 1. The molecule has 0 aliphatic carbocycles. The molecule has 0 bridgehead atoms. The van der Waals surface area contributed by atoms with Crippen molar-refractivity contribution in [3.8, 4) is 5.75 Å². The summed E-state index contributed by atoms with van der Waals surface area (Å²) in [6, 6.07) is 15.1. The lowest BCUT2D eigenvalue weighted by atomic mass is 10.2. The van der Waals surface area contributed by atoms with Crippen molar-refractivity contribution in [2.24, 2.45) is 0 Å². The van der Waals surface area contributed by atoms with E-state index in [-0.39, 0.29) is 17.8 Å². The minimum absolute atomic E-state index is 0.126. The maximum atomic E-state index is 12.4. The number of aromatic nitrogens is 2. The third kappa shape index (κ3) is 5.20. The molecule has 0 unspecified atom stereocenters. The molecule has 2 heterocycles. The highest BCUT2D eigenvalue weighted by Gasteiger charge is 2.16. The number of anilines is 2. The lowest BCUT2D eigenvalue weighted by molar-refractivity contribution is -0.113. The van der Waals surface area contributed by atoms with Crippen LogP contribution in [0.15, 0.2) is 53.7 Å². The van der Waals surface area contributed by atoms with Gasteiger partial charge in [-0.05, 0) is 37.1 Å². The van der Waals surface area contributed by atoms with Crippen molar-refractivity contribution in [3.63, 3.8) is 0 Å². The molecule has 1 saturated heterocycles. The Kier molecular flexibility index (Phi) is 6.66. The average Bonchev–Trinajstić information content (AvgIpc) is 3.30. The van der Waals surface area contributed by atoms with Crippen LogP contribution in [0.25, 0.3) is 10.9 Å². The molecular formula is C22H24N4O3S. The third-order valence-electron chi connectivity index (χ3n) is 4.79. The third-order valence-corrected chi connectivity index (χ3v) is 5.64. The van der Waals surface area contributed by atoms with Crippen molar-refractivity contribution >= 4 is 40.1 Å². The number of fused-ring (bicyclic) bond motifs is 1. The summed E-state index contributed by atoms with van der Waals surface area (Å²) in [5.41, 5.74) is 1.54. The van der Waals surface area contributed by atoms with Crippen LogP contribution in [0.5, 0.6) is 5.75 Å². The fourth-order valence-corrected chi connectivity index (χ4v) is 3.95. The zero-order chi connectivity index (χ0) is 20.8. The predicted octanol–water partition coefficient (Wildman–Crippen LogP) is 3.96. The van der Waals surface area contributed by atoms with E-state index in [4.69, 9.17) is 9.47 Å². The van der Waals surface area contributed by atoms with E-state index in [1.807, 2.05) is 42.5 Å². The van der Waals surface area contributed by atoms with Gasteiger partial charge in [0.25, 0.3) is 0 Å². The zero-order valence-corrected chi connectivity index (χ0v) is 17.6. The van der Waals surface area contributed by atoms with E-state index in [1.54, 1.807) is 13.2 Å². The summed E-state index contributed by atoms with van der Waals surface area (Å²) in [7, 11) is 1.60. The summed E-state index contributed by atoms with van der Waals surface area (Å²) in [6.07, 6.45) is 2.37. The molecule has 0 spiro atoms. The van der Waals surface area contributed by atoms with Crippen LogP contribution in [-0.2, 0) is 9.53 Å². The van der Waals surface area contributed by atoms with E-state index >= 15 is 0 Å². The van der Waals surface area contributed by atoms with Crippen LogP contribution in [0, 0.1) is 0 Å². The number of hydrogen-bond acceptors (Lipinski definition) is 7. The number of rotatable bonds is 8. The number of benzene rings is 2. The molecule has 2 aromatic carbocycles. The SMILES string of the molecule is COc1cccc(NC(=O)CSc2nc(NC[C@H]3CCCO3)c3ccccc3n2)c1. The van der Waals surface area contributed by atoms with Gasteiger partial charge < -0.3 is 20.1 Å². The average molecular weight is 425 g/mol. The van der Waals surface area contributed by atoms with Crippen molar-refractivity contribution in [1.82, 2.24) is 9.97 Å². The Morgan fingerprint density at radius 3 is 2.97 bits per heavy atom. The Labute approximate surface area is 179 Å². The van der Waals surface area contributed by atoms with Gasteiger partial charge in [0.1, 0.15) is 11.6 Å². The number of hydrogen-bond donors (Lipinski definition) is 2. The molecule has 7 nitrogen and oxygen atoms in total. The van der Waals surface area contributed by atoms with Crippen LogP contribution >= 0.6 is 11.8 Å². The molecule has 1 aromatic heterocycles. The number of nitrogens with zero attached hydrogens (tertiary/aromatic N) is 2. The molecule has 2 N–H and O–H groups in total. The molecule has 1 aliphatic rings. The first-order valence-corrected chi connectivity index (χ1v) is 10.9. The normalized spacial score (nSPS) is 15.8. The minimum Gasteiger partial charge on any atom is -0.497 e. The van der Waals surface area contributed by atoms with E-state index in [0.29, 0.717) is 23.1 Å². The highest BCUT2D eigenvalue weighted by Crippen LogP contribution is 2.25. The topological polar surface area (TPSA) is 85.4 Å². The van der Waals surface area contributed by atoms with Crippen LogP contribution in [0.4, 0.5) is 11.5 Å². The van der Waals surface area contributed by atoms with Crippen LogP contribution in [0.3, 0.4) is 0 Å². The first kappa shape index (κ1) is 20.4. The van der Waals surface area contributed by atoms with Gasteiger partial charge in [-0.2, -0.15) is 0 Å². The molecule has 0 radical (unpaired) electrons. The smallest absolute Gasteiger partial charge is 0.234 e. The van der Waals surface area contributed by atoms with E-state index in [0.717, 1.165) is 36.2 Å². The van der Waals surface area contributed by atoms with Gasteiger partial charge >= 0.3 is 0 Å². The molecule has 8 heteroatoms. The summed E-state index contributed by atoms with van der Waals surface area (Å²) in [5, 5.41) is 7.80. The standard InChI is InChI=1S/C22H24N4O3S/c1-28-16-7-4-6-15(12-16)24-20(27)14-30-22-25-19-10-3-2-9-18(19)21(26-22)23-13-17-8-5-11-29-17/h2-4,6-7,9-10,12,17H,5,8,11,13-14H2,1H3,(H,24,27)(H,23,25,26)/t17-/m1/s1. The molecule has 0 saturated carbocycles. The largest absolute Gasteiger partial charge is 0.497 e. The number of thioether (sulfide) groups is 1. The molecule has 156 valence electrons. The van der Waals surface area contributed by atoms with Crippen LogP contribution in [0.2, 0.25) is 0 Å². The van der Waals surface area contributed by atoms with Gasteiger partial charge in [-0.3, -0.25) is 4.79 Å². The predicted molar refractivity (Wildman–Crippen MR) is 119 cm³/mol. The molecule has 1 atom stereocenters. The maximum absolute atomic E-state index is 12.4. The number of carbonyl (C=O) groups excluding carboxylic acids is 1. The van der Waals surface area contributed by atoms with Gasteiger partial charge in [-0.25, -0.2) is 9.97 Å². The Morgan fingerprint density at radius 1 is 1.23 bits per heavy atom. The Hall–Kier alpha value is -2.84. The number of carbonyl (C=O) groups is 1. The van der Waals surface area contributed by atoms with Gasteiger partial charge in [0, 0.05) is 30.3 Å². The van der Waals surface area contributed by atoms with E-state index < -0.39 is 0 Å². The van der Waals surface area contributed by atoms with Gasteiger partial charge in [0.2, 0.25) is 5.91 Å². The van der Waals surface area contributed by atoms with Crippen molar-refractivity contribution in [2.45, 2.75) is 24.1 Å². The van der Waals surface area contributed by atoms with Crippen LogP contribution in [0.1, 0.15) is 12.8 Å². The van der Waals surface area contributed by atoms with E-state index in [2.05, 4.69) is 20.6 Å². The molecule has 4 rings (SSSR count). The molecular weight excluding hydrogens is 400 g/mol. The Morgan fingerprint density at radius 2 is 2.13 bits per heavy atom. The van der Waals surface area contributed by atoms with Gasteiger partial charge in [-0.15, -0.1) is 0 Å². The van der Waals surface area contributed by atoms with Crippen molar-refractivity contribution < 1.29 is 14.3 Å². The van der Waals surface area contributed by atoms with E-state index in [1.165, 1.54) is 11.8 Å². The molecule has 3 aromatic rings. The highest BCUT2D eigenvalue weighted by atomic mass is 32.2. The Balaban J connectivity index is 1.43. The van der Waals surface area contributed by atoms with Gasteiger partial charge in [-0.1, -0.05) is 30.0 Å². The Bertz CT molecular complexity index is 1020. The number of para-hydroxylation sites is 1. The van der Waals surface area contributed by atoms with Gasteiger partial charge in [0.15, 0.2) is 5.16 Å². The summed E-state index contributed by atoms with van der Waals surface area (Å²) in [4.78, 5) is 21.6. The fraction of sp³-hybridized carbons (Fsp3) is 0.318. The first-order valence-electron chi connectivity index (χ1n) is 9.90. The van der Waals surface area contributed by atoms with Crippen LogP contribution < -0.4 is 15.4 Å². The van der Waals surface area contributed by atoms with Crippen molar-refractivity contribution in [1.29, 1.82) is 0 Å². The lowest BCUT2D eigenvalue weighted by Crippen LogP contribution is -2.19. The second-order valence-corrected chi connectivity index (χ2v) is 7.90.